The lowest BCUT2D eigenvalue weighted by atomic mass is 9.91. The van der Waals surface area contributed by atoms with E-state index in [1.807, 2.05) is 13.8 Å². The second kappa shape index (κ2) is 5.37. The van der Waals surface area contributed by atoms with Crippen LogP contribution in [0.5, 0.6) is 0 Å². The molecule has 0 atom stereocenters. The number of hydrogen-bond acceptors (Lipinski definition) is 3. The molecule has 1 heterocycles. The first-order valence-corrected chi connectivity index (χ1v) is 7.34. The Morgan fingerprint density at radius 3 is 2.65 bits per heavy atom. The third-order valence-corrected chi connectivity index (χ3v) is 4.23. The Hall–Kier alpha value is -0.590. The first-order valence-electron chi connectivity index (χ1n) is 5.32. The summed E-state index contributed by atoms with van der Waals surface area (Å²) in [4.78, 5) is 0. The molecule has 0 saturated carbocycles. The number of aromatic nitrogens is 2. The summed E-state index contributed by atoms with van der Waals surface area (Å²) < 4.78 is 27.8. The fourth-order valence-electron chi connectivity index (χ4n) is 1.33. The van der Waals surface area contributed by atoms with E-state index in [9.17, 15) is 8.42 Å². The van der Waals surface area contributed by atoms with E-state index >= 15 is 0 Å². The summed E-state index contributed by atoms with van der Waals surface area (Å²) in [6.45, 7) is 4.30. The predicted molar refractivity (Wildman–Crippen MR) is 67.5 cm³/mol. The summed E-state index contributed by atoms with van der Waals surface area (Å²) in [5.74, 6) is 0.514. The number of nitrogens with zero attached hydrogens (tertiary/aromatic N) is 2. The van der Waals surface area contributed by atoms with Crippen LogP contribution in [0.3, 0.4) is 0 Å². The van der Waals surface area contributed by atoms with Crippen molar-refractivity contribution in [3.63, 3.8) is 0 Å². The molecule has 0 fully saturated rings. The fourth-order valence-corrected chi connectivity index (χ4v) is 3.21. The van der Waals surface area contributed by atoms with Crippen LogP contribution in [0.2, 0.25) is 0 Å². The lowest BCUT2D eigenvalue weighted by Crippen LogP contribution is -2.35. The Labute approximate surface area is 107 Å². The van der Waals surface area contributed by atoms with Crippen LogP contribution in [0, 0.1) is 5.41 Å². The molecular formula is C10H18ClN3O2S. The molecule has 0 amide bonds. The van der Waals surface area contributed by atoms with Crippen molar-refractivity contribution in [2.45, 2.75) is 25.3 Å². The van der Waals surface area contributed by atoms with Crippen LogP contribution in [-0.4, -0.2) is 30.6 Å². The van der Waals surface area contributed by atoms with Gasteiger partial charge in [-0.25, -0.2) is 13.1 Å². The minimum Gasteiger partial charge on any atom is -0.256 e. The molecule has 17 heavy (non-hydrogen) atoms. The lowest BCUT2D eigenvalue weighted by Gasteiger charge is -2.23. The Balaban J connectivity index is 2.73. The molecule has 5 nitrogen and oxygen atoms in total. The fraction of sp³-hybridized carbons (Fsp3) is 0.700. The van der Waals surface area contributed by atoms with Crippen molar-refractivity contribution in [2.24, 2.45) is 12.5 Å². The monoisotopic (exact) mass is 279 g/mol. The third kappa shape index (κ3) is 3.97. The van der Waals surface area contributed by atoms with E-state index in [4.69, 9.17) is 11.6 Å². The maximum absolute atomic E-state index is 12.0. The molecule has 7 heteroatoms. The Bertz CT molecular complexity index is 468. The van der Waals surface area contributed by atoms with Crippen LogP contribution >= 0.6 is 11.6 Å². The highest BCUT2D eigenvalue weighted by molar-refractivity contribution is 7.89. The highest BCUT2D eigenvalue weighted by Gasteiger charge is 2.23. The molecule has 0 saturated heterocycles. The van der Waals surface area contributed by atoms with Gasteiger partial charge in [0.1, 0.15) is 0 Å². The molecule has 0 unspecified atom stereocenters. The molecule has 1 aromatic heterocycles. The molecule has 0 bridgehead atoms. The van der Waals surface area contributed by atoms with Gasteiger partial charge in [-0.05, 0) is 17.9 Å². The molecule has 0 radical (unpaired) electrons. The lowest BCUT2D eigenvalue weighted by molar-refractivity contribution is 0.352. The van der Waals surface area contributed by atoms with Crippen LogP contribution in [-0.2, 0) is 17.1 Å². The van der Waals surface area contributed by atoms with E-state index < -0.39 is 10.0 Å². The molecule has 0 aromatic carbocycles. The van der Waals surface area contributed by atoms with Gasteiger partial charge in [0.15, 0.2) is 5.03 Å². The number of aryl methyl sites for hydroxylation is 1. The molecule has 98 valence electrons. The van der Waals surface area contributed by atoms with Gasteiger partial charge in [0.25, 0.3) is 10.0 Å². The van der Waals surface area contributed by atoms with Crippen LogP contribution in [0.15, 0.2) is 17.3 Å². The maximum Gasteiger partial charge on any atom is 0.257 e. The SMILES string of the molecule is Cn1nccc1S(=O)(=O)NCC(C)(C)CCCl. The van der Waals surface area contributed by atoms with Gasteiger partial charge in [0, 0.05) is 19.5 Å². The molecular weight excluding hydrogens is 262 g/mol. The quantitative estimate of drug-likeness (QED) is 0.800. The molecule has 0 aliphatic carbocycles. The Morgan fingerprint density at radius 1 is 1.53 bits per heavy atom. The highest BCUT2D eigenvalue weighted by atomic mass is 35.5. The average molecular weight is 280 g/mol. The summed E-state index contributed by atoms with van der Waals surface area (Å²) >= 11 is 5.67. The second-order valence-corrected chi connectivity index (χ2v) is 6.81. The van der Waals surface area contributed by atoms with Gasteiger partial charge < -0.3 is 0 Å². The first-order chi connectivity index (χ1) is 7.78. The minimum absolute atomic E-state index is 0.159. The van der Waals surface area contributed by atoms with Crippen LogP contribution in [0.4, 0.5) is 0 Å². The number of sulfonamides is 1. The molecule has 0 aliphatic rings. The van der Waals surface area contributed by atoms with Crippen LogP contribution < -0.4 is 4.72 Å². The van der Waals surface area contributed by atoms with Gasteiger partial charge in [0.05, 0.1) is 6.20 Å². The number of rotatable bonds is 6. The minimum atomic E-state index is -3.49. The van der Waals surface area contributed by atoms with E-state index in [2.05, 4.69) is 9.82 Å². The molecule has 1 rings (SSSR count). The van der Waals surface area contributed by atoms with Gasteiger partial charge >= 0.3 is 0 Å². The normalized spacial score (nSPS) is 12.9. The van der Waals surface area contributed by atoms with E-state index in [1.54, 1.807) is 7.05 Å². The van der Waals surface area contributed by atoms with Crippen LogP contribution in [0.25, 0.3) is 0 Å². The number of alkyl halides is 1. The largest absolute Gasteiger partial charge is 0.257 e. The van der Waals surface area contributed by atoms with Crippen molar-refractivity contribution < 1.29 is 8.42 Å². The number of nitrogens with one attached hydrogen (secondary N) is 1. The standard InChI is InChI=1S/C10H18ClN3O2S/c1-10(2,5-6-11)8-13-17(15,16)9-4-7-12-14(9)3/h4,7,13H,5-6,8H2,1-3H3. The van der Waals surface area contributed by atoms with Gasteiger partial charge in [-0.15, -0.1) is 11.6 Å². The van der Waals surface area contributed by atoms with Crippen molar-refractivity contribution >= 4 is 21.6 Å². The van der Waals surface area contributed by atoms with Crippen molar-refractivity contribution in [3.05, 3.63) is 12.3 Å². The van der Waals surface area contributed by atoms with Crippen molar-refractivity contribution in [1.82, 2.24) is 14.5 Å². The Kier molecular flexibility index (Phi) is 4.57. The van der Waals surface area contributed by atoms with E-state index in [1.165, 1.54) is 16.9 Å². The first kappa shape index (κ1) is 14.5. The molecule has 0 spiro atoms. The van der Waals surface area contributed by atoms with Crippen LogP contribution in [0.1, 0.15) is 20.3 Å². The summed E-state index contributed by atoms with van der Waals surface area (Å²) in [5.41, 5.74) is -0.159. The molecule has 0 aliphatic heterocycles. The second-order valence-electron chi connectivity index (χ2n) is 4.72. The van der Waals surface area contributed by atoms with E-state index in [0.717, 1.165) is 6.42 Å². The van der Waals surface area contributed by atoms with Crippen molar-refractivity contribution in [3.8, 4) is 0 Å². The van der Waals surface area contributed by atoms with Gasteiger partial charge in [-0.1, -0.05) is 13.8 Å². The summed E-state index contributed by atoms with van der Waals surface area (Å²) in [5, 5.41) is 4.01. The highest BCUT2D eigenvalue weighted by Crippen LogP contribution is 2.20. The summed E-state index contributed by atoms with van der Waals surface area (Å²) in [6.07, 6.45) is 2.21. The number of hydrogen-bond donors (Lipinski definition) is 1. The van der Waals surface area contributed by atoms with Gasteiger partial charge in [-0.3, -0.25) is 4.68 Å². The zero-order valence-electron chi connectivity index (χ0n) is 10.3. The van der Waals surface area contributed by atoms with Gasteiger partial charge in [0.2, 0.25) is 0 Å². The number of halogens is 1. The summed E-state index contributed by atoms with van der Waals surface area (Å²) in [6, 6.07) is 1.47. The molecule has 1 aromatic rings. The topological polar surface area (TPSA) is 64.0 Å². The molecule has 1 N–H and O–H groups in total. The van der Waals surface area contributed by atoms with Crippen molar-refractivity contribution in [1.29, 1.82) is 0 Å². The van der Waals surface area contributed by atoms with E-state index in [0.29, 0.717) is 12.4 Å². The third-order valence-electron chi connectivity index (χ3n) is 2.56. The smallest absolute Gasteiger partial charge is 0.256 e. The van der Waals surface area contributed by atoms with Crippen molar-refractivity contribution in [2.75, 3.05) is 12.4 Å². The Morgan fingerprint density at radius 2 is 2.18 bits per heavy atom. The zero-order chi connectivity index (χ0) is 13.1. The maximum atomic E-state index is 12.0. The zero-order valence-corrected chi connectivity index (χ0v) is 11.8. The summed E-state index contributed by atoms with van der Waals surface area (Å²) in [7, 11) is -1.90. The predicted octanol–water partition coefficient (Wildman–Crippen LogP) is 1.35. The van der Waals surface area contributed by atoms with Gasteiger partial charge in [-0.2, -0.15) is 5.10 Å². The van der Waals surface area contributed by atoms with E-state index in [-0.39, 0.29) is 10.4 Å². The average Bonchev–Trinajstić information content (AvgIpc) is 2.63.